The zero-order chi connectivity index (χ0) is 11.9. The molecule has 0 aromatic heterocycles. The third kappa shape index (κ3) is 3.55. The van der Waals surface area contributed by atoms with Gasteiger partial charge in [-0.15, -0.1) is 0 Å². The summed E-state index contributed by atoms with van der Waals surface area (Å²) in [6.45, 7) is 4.98. The Morgan fingerprint density at radius 1 is 1.29 bits per heavy atom. The quantitative estimate of drug-likeness (QED) is 0.731. The molecule has 0 saturated heterocycles. The van der Waals surface area contributed by atoms with Gasteiger partial charge in [0.1, 0.15) is 0 Å². The van der Waals surface area contributed by atoms with E-state index >= 15 is 0 Å². The van der Waals surface area contributed by atoms with Crippen LogP contribution in [-0.4, -0.2) is 19.8 Å². The molecule has 0 bridgehead atoms. The molecule has 0 amide bonds. The molecule has 1 aliphatic rings. The lowest BCUT2D eigenvalue weighted by Crippen LogP contribution is -2.21. The maximum absolute atomic E-state index is 5.48. The topological polar surface area (TPSA) is 21.3 Å². The van der Waals surface area contributed by atoms with Crippen molar-refractivity contribution in [1.29, 1.82) is 0 Å². The smallest absolute Gasteiger partial charge is 0.0478 e. The Balaban J connectivity index is 1.68. The molecule has 1 aliphatic carbocycles. The van der Waals surface area contributed by atoms with Crippen molar-refractivity contribution < 1.29 is 4.74 Å². The molecule has 2 rings (SSSR count). The average Bonchev–Trinajstić information content (AvgIpc) is 2.77. The number of fused-ring (bicyclic) bond motifs is 1. The molecule has 2 nitrogen and oxygen atoms in total. The fraction of sp³-hybridized carbons (Fsp3) is 0.600. The first-order valence-electron chi connectivity index (χ1n) is 6.80. The van der Waals surface area contributed by atoms with Gasteiger partial charge in [-0.1, -0.05) is 31.2 Å². The van der Waals surface area contributed by atoms with Gasteiger partial charge in [-0.25, -0.2) is 0 Å². The largest absolute Gasteiger partial charge is 0.381 e. The van der Waals surface area contributed by atoms with Crippen LogP contribution in [0.4, 0.5) is 0 Å². The van der Waals surface area contributed by atoms with Crippen LogP contribution in [0.3, 0.4) is 0 Å². The normalized spacial score (nSPS) is 18.3. The van der Waals surface area contributed by atoms with Crippen LogP contribution in [0.25, 0.3) is 0 Å². The lowest BCUT2D eigenvalue weighted by molar-refractivity contribution is 0.131. The molecule has 1 atom stereocenters. The maximum Gasteiger partial charge on any atom is 0.0478 e. The van der Waals surface area contributed by atoms with Gasteiger partial charge in [0.25, 0.3) is 0 Å². The Morgan fingerprint density at radius 2 is 2.18 bits per heavy atom. The SMILES string of the molecule is CCCOCCCNC1CCc2ccccc21. The summed E-state index contributed by atoms with van der Waals surface area (Å²) < 4.78 is 5.48. The fourth-order valence-corrected chi connectivity index (χ4v) is 2.47. The van der Waals surface area contributed by atoms with Crippen LogP contribution in [0, 0.1) is 0 Å². The van der Waals surface area contributed by atoms with Crippen molar-refractivity contribution in [3.05, 3.63) is 35.4 Å². The van der Waals surface area contributed by atoms with Gasteiger partial charge in [0.15, 0.2) is 0 Å². The summed E-state index contributed by atoms with van der Waals surface area (Å²) in [5.74, 6) is 0. The molecule has 1 aromatic rings. The molecule has 0 fully saturated rings. The summed E-state index contributed by atoms with van der Waals surface area (Å²) >= 11 is 0. The molecule has 1 aromatic carbocycles. The Bertz CT molecular complexity index is 337. The second-order valence-electron chi connectivity index (χ2n) is 4.71. The van der Waals surface area contributed by atoms with Crippen molar-refractivity contribution in [2.24, 2.45) is 0 Å². The Morgan fingerprint density at radius 3 is 3.06 bits per heavy atom. The molecule has 0 heterocycles. The van der Waals surface area contributed by atoms with Gasteiger partial charge < -0.3 is 10.1 Å². The highest BCUT2D eigenvalue weighted by atomic mass is 16.5. The molecule has 1 unspecified atom stereocenters. The predicted octanol–water partition coefficient (Wildman–Crippen LogP) is 3.08. The molecular formula is C15H23NO. The van der Waals surface area contributed by atoms with E-state index in [4.69, 9.17) is 4.74 Å². The van der Waals surface area contributed by atoms with E-state index < -0.39 is 0 Å². The first-order valence-corrected chi connectivity index (χ1v) is 6.80. The molecule has 17 heavy (non-hydrogen) atoms. The summed E-state index contributed by atoms with van der Waals surface area (Å²) in [5.41, 5.74) is 3.02. The second-order valence-corrected chi connectivity index (χ2v) is 4.71. The van der Waals surface area contributed by atoms with Gasteiger partial charge >= 0.3 is 0 Å². The van der Waals surface area contributed by atoms with Gasteiger partial charge in [-0.2, -0.15) is 0 Å². The zero-order valence-corrected chi connectivity index (χ0v) is 10.7. The molecule has 0 spiro atoms. The number of nitrogens with one attached hydrogen (secondary N) is 1. The van der Waals surface area contributed by atoms with E-state index in [1.807, 2.05) is 0 Å². The lowest BCUT2D eigenvalue weighted by atomic mass is 10.1. The van der Waals surface area contributed by atoms with Crippen LogP contribution in [0.15, 0.2) is 24.3 Å². The van der Waals surface area contributed by atoms with E-state index in [1.165, 1.54) is 24.0 Å². The van der Waals surface area contributed by atoms with Crippen molar-refractivity contribution in [2.75, 3.05) is 19.8 Å². The van der Waals surface area contributed by atoms with Gasteiger partial charge in [0, 0.05) is 19.3 Å². The highest BCUT2D eigenvalue weighted by Gasteiger charge is 2.20. The number of hydrogen-bond donors (Lipinski definition) is 1. The minimum Gasteiger partial charge on any atom is -0.381 e. The van der Waals surface area contributed by atoms with E-state index in [9.17, 15) is 0 Å². The highest BCUT2D eigenvalue weighted by Crippen LogP contribution is 2.30. The van der Waals surface area contributed by atoms with Crippen molar-refractivity contribution >= 4 is 0 Å². The summed E-state index contributed by atoms with van der Waals surface area (Å²) in [6, 6.07) is 9.36. The van der Waals surface area contributed by atoms with Crippen LogP contribution in [-0.2, 0) is 11.2 Å². The van der Waals surface area contributed by atoms with Crippen molar-refractivity contribution in [3.63, 3.8) is 0 Å². The molecule has 1 N–H and O–H groups in total. The molecule has 94 valence electrons. The van der Waals surface area contributed by atoms with Crippen LogP contribution >= 0.6 is 0 Å². The monoisotopic (exact) mass is 233 g/mol. The average molecular weight is 233 g/mol. The van der Waals surface area contributed by atoms with E-state index in [0.29, 0.717) is 6.04 Å². The highest BCUT2D eigenvalue weighted by molar-refractivity contribution is 5.34. The maximum atomic E-state index is 5.48. The van der Waals surface area contributed by atoms with E-state index in [0.717, 1.165) is 32.6 Å². The standard InChI is InChI=1S/C15H23NO/c1-2-11-17-12-5-10-16-15-9-8-13-6-3-4-7-14(13)15/h3-4,6-7,15-16H,2,5,8-12H2,1H3. The predicted molar refractivity (Wildman–Crippen MR) is 71.2 cm³/mol. The molecular weight excluding hydrogens is 210 g/mol. The van der Waals surface area contributed by atoms with Crippen LogP contribution in [0.5, 0.6) is 0 Å². The number of ether oxygens (including phenoxy) is 1. The Kier molecular flexibility index (Phi) is 5.02. The number of rotatable bonds is 7. The summed E-state index contributed by atoms with van der Waals surface area (Å²) in [6.07, 6.45) is 4.69. The number of hydrogen-bond acceptors (Lipinski definition) is 2. The van der Waals surface area contributed by atoms with E-state index in [1.54, 1.807) is 0 Å². The minimum absolute atomic E-state index is 0.567. The third-order valence-corrected chi connectivity index (χ3v) is 3.34. The van der Waals surface area contributed by atoms with Crippen molar-refractivity contribution in [1.82, 2.24) is 5.32 Å². The first-order chi connectivity index (χ1) is 8.42. The summed E-state index contributed by atoms with van der Waals surface area (Å²) in [7, 11) is 0. The van der Waals surface area contributed by atoms with Crippen molar-refractivity contribution in [2.45, 2.75) is 38.6 Å². The van der Waals surface area contributed by atoms with Crippen LogP contribution < -0.4 is 5.32 Å². The molecule has 0 aliphatic heterocycles. The molecule has 0 radical (unpaired) electrons. The lowest BCUT2D eigenvalue weighted by Gasteiger charge is -2.13. The third-order valence-electron chi connectivity index (χ3n) is 3.34. The van der Waals surface area contributed by atoms with Crippen LogP contribution in [0.1, 0.15) is 43.4 Å². The number of aryl methyl sites for hydroxylation is 1. The molecule has 0 saturated carbocycles. The second kappa shape index (κ2) is 6.77. The zero-order valence-electron chi connectivity index (χ0n) is 10.7. The van der Waals surface area contributed by atoms with Gasteiger partial charge in [-0.3, -0.25) is 0 Å². The Labute approximate surface area is 104 Å². The van der Waals surface area contributed by atoms with E-state index in [2.05, 4.69) is 36.5 Å². The van der Waals surface area contributed by atoms with Crippen LogP contribution in [0.2, 0.25) is 0 Å². The Hall–Kier alpha value is -0.860. The van der Waals surface area contributed by atoms with Gasteiger partial charge in [-0.05, 0) is 43.4 Å². The summed E-state index contributed by atoms with van der Waals surface area (Å²) in [4.78, 5) is 0. The number of benzene rings is 1. The van der Waals surface area contributed by atoms with Gasteiger partial charge in [0.2, 0.25) is 0 Å². The first kappa shape index (κ1) is 12.6. The summed E-state index contributed by atoms with van der Waals surface area (Å²) in [5, 5.41) is 3.63. The van der Waals surface area contributed by atoms with E-state index in [-0.39, 0.29) is 0 Å². The van der Waals surface area contributed by atoms with Crippen molar-refractivity contribution in [3.8, 4) is 0 Å². The minimum atomic E-state index is 0.567. The molecule has 2 heteroatoms. The van der Waals surface area contributed by atoms with Gasteiger partial charge in [0.05, 0.1) is 0 Å². The fourth-order valence-electron chi connectivity index (χ4n) is 2.47.